The number of aromatic nitrogens is 1. The first-order valence-corrected chi connectivity index (χ1v) is 5.75. The van der Waals surface area contributed by atoms with Crippen molar-refractivity contribution in [2.75, 3.05) is 6.61 Å². The molecule has 15 heavy (non-hydrogen) atoms. The van der Waals surface area contributed by atoms with E-state index in [9.17, 15) is 5.11 Å². The van der Waals surface area contributed by atoms with Gasteiger partial charge in [0.05, 0.1) is 6.61 Å². The molecule has 0 spiro atoms. The van der Waals surface area contributed by atoms with Crippen molar-refractivity contribution < 1.29 is 5.11 Å². The second-order valence-electron chi connectivity index (χ2n) is 4.92. The second kappa shape index (κ2) is 3.93. The third kappa shape index (κ3) is 1.78. The molecule has 1 saturated carbocycles. The molecule has 2 heteroatoms. The van der Waals surface area contributed by atoms with Gasteiger partial charge in [-0.25, -0.2) is 0 Å². The zero-order valence-corrected chi connectivity index (χ0v) is 9.53. The van der Waals surface area contributed by atoms with Gasteiger partial charge in [-0.05, 0) is 30.4 Å². The highest BCUT2D eigenvalue weighted by molar-refractivity contribution is 5.25. The number of hydrogen-bond donors (Lipinski definition) is 1. The Hall–Kier alpha value is -0.890. The molecule has 2 rings (SSSR count). The molecule has 1 fully saturated rings. The van der Waals surface area contributed by atoms with E-state index in [0.29, 0.717) is 5.92 Å². The summed E-state index contributed by atoms with van der Waals surface area (Å²) in [6.07, 6.45) is 5.33. The van der Waals surface area contributed by atoms with E-state index in [1.54, 1.807) is 0 Å². The first-order chi connectivity index (χ1) is 7.18. The van der Waals surface area contributed by atoms with Gasteiger partial charge in [0, 0.05) is 17.3 Å². The zero-order valence-electron chi connectivity index (χ0n) is 9.53. The number of nitrogens with zero attached hydrogens (tertiary/aromatic N) is 1. The molecule has 1 aromatic rings. The maximum absolute atomic E-state index is 9.43. The summed E-state index contributed by atoms with van der Waals surface area (Å²) in [4.78, 5) is 4.50. The fourth-order valence-corrected chi connectivity index (χ4v) is 2.16. The van der Waals surface area contributed by atoms with Crippen LogP contribution in [-0.2, 0) is 5.41 Å². The SMILES string of the molecule is CC(C)c1ccc(C2(CO)CCC2)nc1. The highest BCUT2D eigenvalue weighted by Gasteiger charge is 2.39. The normalized spacial score (nSPS) is 18.9. The minimum Gasteiger partial charge on any atom is -0.395 e. The van der Waals surface area contributed by atoms with Gasteiger partial charge in [-0.3, -0.25) is 4.98 Å². The van der Waals surface area contributed by atoms with Crippen LogP contribution in [0.1, 0.15) is 50.3 Å². The summed E-state index contributed by atoms with van der Waals surface area (Å²) in [6, 6.07) is 4.23. The summed E-state index contributed by atoms with van der Waals surface area (Å²) in [5.74, 6) is 0.526. The van der Waals surface area contributed by atoms with Crippen LogP contribution in [0.5, 0.6) is 0 Å². The number of hydrogen-bond acceptors (Lipinski definition) is 2. The maximum atomic E-state index is 9.43. The second-order valence-corrected chi connectivity index (χ2v) is 4.92. The Morgan fingerprint density at radius 3 is 2.47 bits per heavy atom. The maximum Gasteiger partial charge on any atom is 0.0543 e. The van der Waals surface area contributed by atoms with Gasteiger partial charge in [-0.1, -0.05) is 26.3 Å². The molecule has 0 unspecified atom stereocenters. The van der Waals surface area contributed by atoms with Crippen LogP contribution in [-0.4, -0.2) is 16.7 Å². The van der Waals surface area contributed by atoms with Gasteiger partial charge in [0.25, 0.3) is 0 Å². The predicted molar refractivity (Wildman–Crippen MR) is 60.9 cm³/mol. The van der Waals surface area contributed by atoms with Crippen LogP contribution in [0.15, 0.2) is 18.3 Å². The van der Waals surface area contributed by atoms with Gasteiger partial charge < -0.3 is 5.11 Å². The van der Waals surface area contributed by atoms with Gasteiger partial charge in [-0.15, -0.1) is 0 Å². The lowest BCUT2D eigenvalue weighted by Crippen LogP contribution is -2.38. The van der Waals surface area contributed by atoms with Crippen molar-refractivity contribution in [2.24, 2.45) is 0 Å². The summed E-state index contributed by atoms with van der Waals surface area (Å²) in [5.41, 5.74) is 2.32. The monoisotopic (exact) mass is 205 g/mol. The van der Waals surface area contributed by atoms with E-state index in [1.165, 1.54) is 12.0 Å². The minimum atomic E-state index is -0.0183. The molecule has 0 aromatic carbocycles. The van der Waals surface area contributed by atoms with E-state index in [4.69, 9.17) is 0 Å². The van der Waals surface area contributed by atoms with Crippen LogP contribution in [0.2, 0.25) is 0 Å². The van der Waals surface area contributed by atoms with Crippen LogP contribution < -0.4 is 0 Å². The van der Waals surface area contributed by atoms with Crippen LogP contribution in [0.3, 0.4) is 0 Å². The average Bonchev–Trinajstić information content (AvgIpc) is 2.18. The number of aliphatic hydroxyl groups excluding tert-OH is 1. The van der Waals surface area contributed by atoms with E-state index in [-0.39, 0.29) is 12.0 Å². The molecule has 1 heterocycles. The Bertz CT molecular complexity index is 319. The van der Waals surface area contributed by atoms with E-state index < -0.39 is 0 Å². The molecule has 1 N–H and O–H groups in total. The highest BCUT2D eigenvalue weighted by atomic mass is 16.3. The van der Waals surface area contributed by atoms with Gasteiger partial charge in [0.1, 0.15) is 0 Å². The Kier molecular flexibility index (Phi) is 2.79. The lowest BCUT2D eigenvalue weighted by atomic mass is 9.67. The zero-order chi connectivity index (χ0) is 10.9. The Morgan fingerprint density at radius 2 is 2.13 bits per heavy atom. The quantitative estimate of drug-likeness (QED) is 0.822. The third-order valence-electron chi connectivity index (χ3n) is 3.61. The molecule has 82 valence electrons. The predicted octanol–water partition coefficient (Wildman–Crippen LogP) is 2.62. The fourth-order valence-electron chi connectivity index (χ4n) is 2.16. The molecule has 1 aliphatic carbocycles. The molecule has 0 atom stereocenters. The van der Waals surface area contributed by atoms with Crippen LogP contribution >= 0.6 is 0 Å². The van der Waals surface area contributed by atoms with Crippen molar-refractivity contribution in [1.29, 1.82) is 0 Å². The molecule has 0 aliphatic heterocycles. The molecular formula is C13H19NO. The fraction of sp³-hybridized carbons (Fsp3) is 0.615. The van der Waals surface area contributed by atoms with E-state index >= 15 is 0 Å². The topological polar surface area (TPSA) is 33.1 Å². The molecule has 0 radical (unpaired) electrons. The van der Waals surface area contributed by atoms with Crippen molar-refractivity contribution in [1.82, 2.24) is 4.98 Å². The number of pyridine rings is 1. The van der Waals surface area contributed by atoms with Gasteiger partial charge in [-0.2, -0.15) is 0 Å². The lowest BCUT2D eigenvalue weighted by molar-refractivity contribution is 0.116. The van der Waals surface area contributed by atoms with Crippen molar-refractivity contribution in [2.45, 2.75) is 44.4 Å². The smallest absolute Gasteiger partial charge is 0.0543 e. The standard InChI is InChI=1S/C13H19NO/c1-10(2)11-4-5-12(14-8-11)13(9-15)6-3-7-13/h4-5,8,10,15H,3,6-7,9H2,1-2H3. The molecule has 1 aromatic heterocycles. The van der Waals surface area contributed by atoms with Crippen LogP contribution in [0.25, 0.3) is 0 Å². The first-order valence-electron chi connectivity index (χ1n) is 5.75. The van der Waals surface area contributed by atoms with Crippen molar-refractivity contribution >= 4 is 0 Å². The lowest BCUT2D eigenvalue weighted by Gasteiger charge is -2.39. The van der Waals surface area contributed by atoms with E-state index in [2.05, 4.69) is 31.0 Å². The molecular weight excluding hydrogens is 186 g/mol. The molecule has 0 saturated heterocycles. The Morgan fingerprint density at radius 1 is 1.40 bits per heavy atom. The van der Waals surface area contributed by atoms with Gasteiger partial charge in [0.2, 0.25) is 0 Å². The van der Waals surface area contributed by atoms with Crippen LogP contribution in [0, 0.1) is 0 Å². The Labute approximate surface area is 91.4 Å². The van der Waals surface area contributed by atoms with Gasteiger partial charge in [0.15, 0.2) is 0 Å². The summed E-state index contributed by atoms with van der Waals surface area (Å²) in [5, 5.41) is 9.43. The number of aliphatic hydroxyl groups is 1. The van der Waals surface area contributed by atoms with Crippen molar-refractivity contribution in [3.05, 3.63) is 29.6 Å². The summed E-state index contributed by atoms with van der Waals surface area (Å²) in [7, 11) is 0. The Balaban J connectivity index is 2.23. The molecule has 0 amide bonds. The minimum absolute atomic E-state index is 0.0183. The molecule has 0 bridgehead atoms. The van der Waals surface area contributed by atoms with Gasteiger partial charge >= 0.3 is 0 Å². The first kappa shape index (κ1) is 10.6. The van der Waals surface area contributed by atoms with Crippen LogP contribution in [0.4, 0.5) is 0 Å². The summed E-state index contributed by atoms with van der Waals surface area (Å²) >= 11 is 0. The van der Waals surface area contributed by atoms with Crippen molar-refractivity contribution in [3.63, 3.8) is 0 Å². The summed E-state index contributed by atoms with van der Waals surface area (Å²) < 4.78 is 0. The average molecular weight is 205 g/mol. The largest absolute Gasteiger partial charge is 0.395 e. The molecule has 2 nitrogen and oxygen atoms in total. The highest BCUT2D eigenvalue weighted by Crippen LogP contribution is 2.42. The van der Waals surface area contributed by atoms with E-state index in [0.717, 1.165) is 18.5 Å². The third-order valence-corrected chi connectivity index (χ3v) is 3.61. The number of rotatable bonds is 3. The van der Waals surface area contributed by atoms with Crippen molar-refractivity contribution in [3.8, 4) is 0 Å². The van der Waals surface area contributed by atoms with E-state index in [1.807, 2.05) is 6.20 Å². The summed E-state index contributed by atoms with van der Waals surface area (Å²) in [6.45, 7) is 4.57. The molecule has 1 aliphatic rings.